The third kappa shape index (κ3) is 2.61. The van der Waals surface area contributed by atoms with E-state index in [4.69, 9.17) is 15.2 Å². The van der Waals surface area contributed by atoms with Gasteiger partial charge in [-0.3, -0.25) is 0 Å². The minimum absolute atomic E-state index is 0.0858. The maximum atomic E-state index is 12.8. The lowest BCUT2D eigenvalue weighted by Crippen LogP contribution is -2.30. The van der Waals surface area contributed by atoms with Crippen LogP contribution >= 0.6 is 0 Å². The minimum atomic E-state index is -3.64. The molecule has 0 aromatic heterocycles. The van der Waals surface area contributed by atoms with Crippen LogP contribution in [0.15, 0.2) is 23.1 Å². The molecule has 1 atom stereocenters. The maximum Gasteiger partial charge on any atom is 0.250 e. The number of ether oxygens (including phenoxy) is 2. The standard InChI is InChI=1S/C13H20N2O4S/c1-18-11-4-3-5-12(19-2)13(11)20(16,17)15-7-6-10(8-14)9-15/h3-5,10H,6-9,14H2,1-2H3. The van der Waals surface area contributed by atoms with E-state index in [2.05, 4.69) is 0 Å². The highest BCUT2D eigenvalue weighted by Gasteiger charge is 2.35. The van der Waals surface area contributed by atoms with Crippen LogP contribution in [0.25, 0.3) is 0 Å². The van der Waals surface area contributed by atoms with Crippen molar-refractivity contribution >= 4 is 10.0 Å². The molecular formula is C13H20N2O4S. The SMILES string of the molecule is COc1cccc(OC)c1S(=O)(=O)N1CCC(CN)C1. The van der Waals surface area contributed by atoms with Crippen molar-refractivity contribution in [1.29, 1.82) is 0 Å². The van der Waals surface area contributed by atoms with E-state index in [9.17, 15) is 8.42 Å². The van der Waals surface area contributed by atoms with Crippen LogP contribution in [-0.2, 0) is 10.0 Å². The zero-order chi connectivity index (χ0) is 14.8. The van der Waals surface area contributed by atoms with Gasteiger partial charge in [0.1, 0.15) is 11.5 Å². The van der Waals surface area contributed by atoms with Crippen LogP contribution in [-0.4, -0.2) is 46.6 Å². The molecule has 0 bridgehead atoms. The van der Waals surface area contributed by atoms with Gasteiger partial charge in [-0.05, 0) is 31.0 Å². The van der Waals surface area contributed by atoms with Gasteiger partial charge in [0.15, 0.2) is 4.90 Å². The van der Waals surface area contributed by atoms with E-state index < -0.39 is 10.0 Å². The zero-order valence-corrected chi connectivity index (χ0v) is 12.5. The fourth-order valence-electron chi connectivity index (χ4n) is 2.41. The van der Waals surface area contributed by atoms with Crippen molar-refractivity contribution in [1.82, 2.24) is 4.31 Å². The van der Waals surface area contributed by atoms with Gasteiger partial charge in [0.05, 0.1) is 14.2 Å². The van der Waals surface area contributed by atoms with E-state index >= 15 is 0 Å². The monoisotopic (exact) mass is 300 g/mol. The first-order chi connectivity index (χ1) is 9.54. The molecule has 1 heterocycles. The summed E-state index contributed by atoms with van der Waals surface area (Å²) in [4.78, 5) is 0.0858. The average Bonchev–Trinajstić information content (AvgIpc) is 2.95. The van der Waals surface area contributed by atoms with Crippen molar-refractivity contribution in [2.45, 2.75) is 11.3 Å². The Balaban J connectivity index is 2.44. The van der Waals surface area contributed by atoms with Gasteiger partial charge < -0.3 is 15.2 Å². The molecular weight excluding hydrogens is 280 g/mol. The Labute approximate surface area is 119 Å². The summed E-state index contributed by atoms with van der Waals surface area (Å²) >= 11 is 0. The predicted molar refractivity (Wildman–Crippen MR) is 75.5 cm³/mol. The first kappa shape index (κ1) is 15.1. The molecule has 2 N–H and O–H groups in total. The van der Waals surface area contributed by atoms with Crippen molar-refractivity contribution in [3.8, 4) is 11.5 Å². The summed E-state index contributed by atoms with van der Waals surface area (Å²) in [6.07, 6.45) is 0.785. The predicted octanol–water partition coefficient (Wildman–Crippen LogP) is 0.673. The van der Waals surface area contributed by atoms with Crippen LogP contribution in [0.3, 0.4) is 0 Å². The molecule has 112 valence electrons. The van der Waals surface area contributed by atoms with Crippen molar-refractivity contribution in [2.75, 3.05) is 33.9 Å². The first-order valence-corrected chi connectivity index (χ1v) is 7.89. The second-order valence-electron chi connectivity index (χ2n) is 4.75. The number of nitrogens with zero attached hydrogens (tertiary/aromatic N) is 1. The molecule has 0 radical (unpaired) electrons. The molecule has 1 aliphatic rings. The molecule has 0 aliphatic carbocycles. The second-order valence-corrected chi connectivity index (χ2v) is 6.62. The quantitative estimate of drug-likeness (QED) is 0.864. The van der Waals surface area contributed by atoms with Crippen molar-refractivity contribution < 1.29 is 17.9 Å². The summed E-state index contributed by atoms with van der Waals surface area (Å²) in [6, 6.07) is 4.93. The van der Waals surface area contributed by atoms with Gasteiger partial charge in [-0.1, -0.05) is 6.07 Å². The van der Waals surface area contributed by atoms with E-state index in [0.717, 1.165) is 6.42 Å². The molecule has 2 rings (SSSR count). The highest BCUT2D eigenvalue weighted by molar-refractivity contribution is 7.89. The topological polar surface area (TPSA) is 81.9 Å². The Morgan fingerprint density at radius 2 is 1.90 bits per heavy atom. The van der Waals surface area contributed by atoms with Gasteiger partial charge in [0.25, 0.3) is 0 Å². The van der Waals surface area contributed by atoms with E-state index in [1.165, 1.54) is 18.5 Å². The lowest BCUT2D eigenvalue weighted by molar-refractivity contribution is 0.367. The maximum absolute atomic E-state index is 12.8. The van der Waals surface area contributed by atoms with Crippen molar-refractivity contribution in [2.24, 2.45) is 11.7 Å². The average molecular weight is 300 g/mol. The van der Waals surface area contributed by atoms with Gasteiger partial charge >= 0.3 is 0 Å². The number of rotatable bonds is 5. The molecule has 1 aromatic rings. The Bertz CT molecular complexity index is 551. The number of methoxy groups -OCH3 is 2. The van der Waals surface area contributed by atoms with Crippen LogP contribution in [0, 0.1) is 5.92 Å². The number of nitrogens with two attached hydrogens (primary N) is 1. The first-order valence-electron chi connectivity index (χ1n) is 6.45. The van der Waals surface area contributed by atoms with Crippen LogP contribution in [0.1, 0.15) is 6.42 Å². The summed E-state index contributed by atoms with van der Waals surface area (Å²) in [7, 11) is -0.750. The third-order valence-corrected chi connectivity index (χ3v) is 5.49. The van der Waals surface area contributed by atoms with Gasteiger partial charge in [-0.25, -0.2) is 8.42 Å². The molecule has 0 amide bonds. The molecule has 1 aliphatic heterocycles. The lowest BCUT2D eigenvalue weighted by atomic mass is 10.1. The van der Waals surface area contributed by atoms with Gasteiger partial charge in [0, 0.05) is 13.1 Å². The fraction of sp³-hybridized carbons (Fsp3) is 0.538. The molecule has 6 nitrogen and oxygen atoms in total. The summed E-state index contributed by atoms with van der Waals surface area (Å²) in [5.74, 6) is 0.798. The Hall–Kier alpha value is -1.31. The molecule has 1 saturated heterocycles. The Morgan fingerprint density at radius 1 is 1.30 bits per heavy atom. The summed E-state index contributed by atoms with van der Waals surface area (Å²) in [6.45, 7) is 1.42. The highest BCUT2D eigenvalue weighted by atomic mass is 32.2. The van der Waals surface area contributed by atoms with E-state index in [-0.39, 0.29) is 10.8 Å². The molecule has 0 spiro atoms. The molecule has 1 fully saturated rings. The summed E-state index contributed by atoms with van der Waals surface area (Å²) in [5, 5.41) is 0. The van der Waals surface area contributed by atoms with Gasteiger partial charge in [0.2, 0.25) is 10.0 Å². The van der Waals surface area contributed by atoms with Crippen molar-refractivity contribution in [3.05, 3.63) is 18.2 Å². The largest absolute Gasteiger partial charge is 0.495 e. The number of benzene rings is 1. The summed E-state index contributed by atoms with van der Waals surface area (Å²) in [5.41, 5.74) is 5.62. The smallest absolute Gasteiger partial charge is 0.250 e. The number of sulfonamides is 1. The van der Waals surface area contributed by atoms with Gasteiger partial charge in [-0.2, -0.15) is 4.31 Å². The fourth-order valence-corrected chi connectivity index (χ4v) is 4.23. The van der Waals surface area contributed by atoms with Gasteiger partial charge in [-0.15, -0.1) is 0 Å². The number of hydrogen-bond acceptors (Lipinski definition) is 5. The lowest BCUT2D eigenvalue weighted by Gasteiger charge is -2.20. The molecule has 1 aromatic carbocycles. The van der Waals surface area contributed by atoms with Crippen LogP contribution in [0.4, 0.5) is 0 Å². The normalized spacial score (nSPS) is 20.1. The Kier molecular flexibility index (Phi) is 4.52. The van der Waals surface area contributed by atoms with Crippen LogP contribution in [0.5, 0.6) is 11.5 Å². The van der Waals surface area contributed by atoms with E-state index in [1.54, 1.807) is 18.2 Å². The molecule has 7 heteroatoms. The number of hydrogen-bond donors (Lipinski definition) is 1. The molecule has 1 unspecified atom stereocenters. The minimum Gasteiger partial charge on any atom is -0.495 e. The second kappa shape index (κ2) is 5.99. The Morgan fingerprint density at radius 3 is 2.35 bits per heavy atom. The van der Waals surface area contributed by atoms with E-state index in [0.29, 0.717) is 31.1 Å². The third-order valence-electron chi connectivity index (χ3n) is 3.56. The highest BCUT2D eigenvalue weighted by Crippen LogP contribution is 2.36. The van der Waals surface area contributed by atoms with Crippen molar-refractivity contribution in [3.63, 3.8) is 0 Å². The van der Waals surface area contributed by atoms with Crippen LogP contribution in [0.2, 0.25) is 0 Å². The molecule has 20 heavy (non-hydrogen) atoms. The zero-order valence-electron chi connectivity index (χ0n) is 11.7. The van der Waals surface area contributed by atoms with Crippen LogP contribution < -0.4 is 15.2 Å². The van der Waals surface area contributed by atoms with E-state index in [1.807, 2.05) is 0 Å². The molecule has 0 saturated carbocycles. The summed E-state index contributed by atoms with van der Waals surface area (Å²) < 4.78 is 37.4.